The van der Waals surface area contributed by atoms with Crippen LogP contribution < -0.4 is 0 Å². The number of fused-ring (bicyclic) bond motifs is 5. The van der Waals surface area contributed by atoms with E-state index in [1.165, 1.54) is 28.1 Å². The quantitative estimate of drug-likeness (QED) is 0.239. The third kappa shape index (κ3) is 4.56. The van der Waals surface area contributed by atoms with Crippen LogP contribution in [0.2, 0.25) is 0 Å². The summed E-state index contributed by atoms with van der Waals surface area (Å²) in [4.78, 5) is 85.0. The number of hydrogen-bond acceptors (Lipinski definition) is 11. The van der Waals surface area contributed by atoms with E-state index < -0.39 is 47.7 Å². The van der Waals surface area contributed by atoms with E-state index in [9.17, 15) is 28.8 Å². The van der Waals surface area contributed by atoms with E-state index in [1.54, 1.807) is 26.8 Å². The van der Waals surface area contributed by atoms with Gasteiger partial charge in [-0.3, -0.25) is 33.8 Å². The Bertz CT molecular complexity index is 1570. The smallest absolute Gasteiger partial charge is 0.333 e. The summed E-state index contributed by atoms with van der Waals surface area (Å²) >= 11 is 0. The Hall–Kier alpha value is -3.96. The molecule has 0 saturated carbocycles. The summed E-state index contributed by atoms with van der Waals surface area (Å²) < 4.78 is 16.5. The monoisotopic (exact) mass is 606 g/mol. The molecule has 5 rings (SSSR count). The number of carbonyl (C=O) groups is 6. The zero-order chi connectivity index (χ0) is 32.4. The van der Waals surface area contributed by atoms with Gasteiger partial charge in [-0.05, 0) is 54.5 Å². The molecule has 1 saturated heterocycles. The average Bonchev–Trinajstić information content (AvgIpc) is 2.98. The van der Waals surface area contributed by atoms with Crippen molar-refractivity contribution in [2.24, 2.45) is 0 Å². The predicted molar refractivity (Wildman–Crippen MR) is 157 cm³/mol. The van der Waals surface area contributed by atoms with E-state index in [1.807, 2.05) is 16.8 Å². The number of nitrogens with zero attached hydrogens (tertiary/aromatic N) is 2. The van der Waals surface area contributed by atoms with Gasteiger partial charge >= 0.3 is 5.97 Å². The number of hydrogen-bond donors (Lipinski definition) is 0. The van der Waals surface area contributed by atoms with Crippen molar-refractivity contribution in [3.63, 3.8) is 0 Å². The SMILES string of the molecule is C/C=C(/C)C(=O)OC[C@H]1C2=C(C[C@H]3[C@H]4C5=C(C[C@@H]([C@H](CC(C)=O)N13)N4C)C(=O)C(C)=C(OC)C5=O)C(=O)C(C)=C(OC)C2=O. The van der Waals surface area contributed by atoms with Crippen LogP contribution in [-0.2, 0) is 43.0 Å². The summed E-state index contributed by atoms with van der Waals surface area (Å²) in [5, 5.41) is 0. The maximum absolute atomic E-state index is 14.0. The summed E-state index contributed by atoms with van der Waals surface area (Å²) in [5.41, 5.74) is 1.90. The normalized spacial score (nSPS) is 29.5. The van der Waals surface area contributed by atoms with E-state index in [-0.39, 0.29) is 77.0 Å². The minimum absolute atomic E-state index is 0.0199. The van der Waals surface area contributed by atoms with Crippen LogP contribution in [0, 0.1) is 0 Å². The molecule has 5 atom stereocenters. The lowest BCUT2D eigenvalue weighted by Crippen LogP contribution is -2.74. The first-order valence-electron chi connectivity index (χ1n) is 14.7. The standard InChI is InChI=1S/C33H38N2O9/c1-9-14(2)33(41)44-13-23-24-18(27(37)16(4)31(42-7)29(24)39)12-22-26-25-19(28(38)17(5)32(43-8)30(25)40)11-20(34(26)6)21(35(22)23)10-15(3)36/h9,20-23,26H,10-13H2,1-8H3/b14-9-/t20-,21-,22-,23-,26-/m0/s1. The molecule has 1 fully saturated rings. The van der Waals surface area contributed by atoms with Crippen molar-refractivity contribution in [2.45, 2.75) is 84.1 Å². The second-order valence-electron chi connectivity index (χ2n) is 12.1. The van der Waals surface area contributed by atoms with Gasteiger partial charge in [-0.15, -0.1) is 0 Å². The van der Waals surface area contributed by atoms with Crippen molar-refractivity contribution in [3.8, 4) is 0 Å². The highest BCUT2D eigenvalue weighted by Crippen LogP contribution is 2.49. The third-order valence-corrected chi connectivity index (χ3v) is 9.85. The van der Waals surface area contributed by atoms with Crippen molar-refractivity contribution < 1.29 is 43.0 Å². The number of ketones is 5. The number of likely N-dealkylation sites (N-methyl/N-ethyl adjacent to an activating group) is 1. The number of rotatable bonds is 7. The lowest BCUT2D eigenvalue weighted by atomic mass is 9.67. The molecule has 0 unspecified atom stereocenters. The van der Waals surface area contributed by atoms with Gasteiger partial charge in [0.2, 0.25) is 11.6 Å². The molecule has 11 nitrogen and oxygen atoms in total. The first kappa shape index (κ1) is 31.5. The second-order valence-corrected chi connectivity index (χ2v) is 12.1. The topological polar surface area (TPSA) is 137 Å². The molecule has 2 aliphatic carbocycles. The van der Waals surface area contributed by atoms with E-state index in [2.05, 4.69) is 0 Å². The van der Waals surface area contributed by atoms with Crippen LogP contribution in [0.1, 0.15) is 53.9 Å². The molecule has 0 amide bonds. The molecule has 0 radical (unpaired) electrons. The van der Waals surface area contributed by atoms with Gasteiger partial charge in [0.05, 0.1) is 26.3 Å². The van der Waals surface area contributed by atoms with Gasteiger partial charge < -0.3 is 14.2 Å². The van der Waals surface area contributed by atoms with Crippen molar-refractivity contribution in [3.05, 3.63) is 56.6 Å². The maximum atomic E-state index is 14.0. The number of carbonyl (C=O) groups excluding carboxylic acids is 6. The van der Waals surface area contributed by atoms with E-state index in [0.717, 1.165) is 0 Å². The molecule has 0 aromatic rings. The van der Waals surface area contributed by atoms with Gasteiger partial charge in [-0.25, -0.2) is 4.79 Å². The molecular formula is C33H38N2O9. The highest BCUT2D eigenvalue weighted by Gasteiger charge is 2.59. The number of methoxy groups -OCH3 is 2. The van der Waals surface area contributed by atoms with Crippen LogP contribution in [0.3, 0.4) is 0 Å². The Morgan fingerprint density at radius 3 is 1.89 bits per heavy atom. The molecule has 3 aliphatic heterocycles. The number of Topliss-reactive ketones (excluding diaryl/α,β-unsaturated/α-hetero) is 5. The van der Waals surface area contributed by atoms with Crippen molar-refractivity contribution in [2.75, 3.05) is 27.9 Å². The van der Waals surface area contributed by atoms with Crippen LogP contribution in [0.15, 0.2) is 56.6 Å². The molecule has 0 spiro atoms. The first-order valence-corrected chi connectivity index (χ1v) is 14.7. The fraction of sp³-hybridized carbons (Fsp3) is 0.515. The highest BCUT2D eigenvalue weighted by molar-refractivity contribution is 6.26. The van der Waals surface area contributed by atoms with Crippen molar-refractivity contribution in [1.29, 1.82) is 0 Å². The number of piperazine rings is 1. The lowest BCUT2D eigenvalue weighted by Gasteiger charge is -2.61. The van der Waals surface area contributed by atoms with Crippen LogP contribution in [0.25, 0.3) is 0 Å². The summed E-state index contributed by atoms with van der Waals surface area (Å²) in [6, 6.07) is -3.10. The zero-order valence-corrected chi connectivity index (χ0v) is 26.4. The molecular weight excluding hydrogens is 568 g/mol. The Labute approximate surface area is 256 Å². The van der Waals surface area contributed by atoms with Crippen LogP contribution >= 0.6 is 0 Å². The van der Waals surface area contributed by atoms with Crippen LogP contribution in [0.4, 0.5) is 0 Å². The van der Waals surface area contributed by atoms with Crippen LogP contribution in [0.5, 0.6) is 0 Å². The lowest BCUT2D eigenvalue weighted by molar-refractivity contribution is -0.146. The van der Waals surface area contributed by atoms with Gasteiger partial charge in [-0.1, -0.05) is 6.08 Å². The van der Waals surface area contributed by atoms with Crippen molar-refractivity contribution >= 4 is 34.9 Å². The van der Waals surface area contributed by atoms with Crippen molar-refractivity contribution in [1.82, 2.24) is 9.80 Å². The largest absolute Gasteiger partial charge is 0.492 e. The zero-order valence-electron chi connectivity index (χ0n) is 26.4. The molecule has 3 heterocycles. The van der Waals surface area contributed by atoms with Gasteiger partial charge in [0, 0.05) is 63.6 Å². The third-order valence-electron chi connectivity index (χ3n) is 9.85. The van der Waals surface area contributed by atoms with Gasteiger partial charge in [-0.2, -0.15) is 0 Å². The van der Waals surface area contributed by atoms with Gasteiger partial charge in [0.1, 0.15) is 12.4 Å². The summed E-state index contributed by atoms with van der Waals surface area (Å²) in [5.74, 6) is -2.29. The van der Waals surface area contributed by atoms with Gasteiger partial charge in [0.15, 0.2) is 23.1 Å². The number of ether oxygens (including phenoxy) is 3. The molecule has 0 aromatic carbocycles. The highest BCUT2D eigenvalue weighted by atomic mass is 16.5. The Morgan fingerprint density at radius 1 is 0.841 bits per heavy atom. The fourth-order valence-electron chi connectivity index (χ4n) is 7.70. The number of allylic oxidation sites excluding steroid dienone is 5. The first-order chi connectivity index (χ1) is 20.8. The molecule has 44 heavy (non-hydrogen) atoms. The minimum atomic E-state index is -0.911. The van der Waals surface area contributed by atoms with E-state index in [0.29, 0.717) is 16.7 Å². The summed E-state index contributed by atoms with van der Waals surface area (Å²) in [6.45, 7) is 7.63. The molecule has 0 aromatic heterocycles. The predicted octanol–water partition coefficient (Wildman–Crippen LogP) is 2.11. The number of esters is 1. The molecule has 11 heteroatoms. The molecule has 2 bridgehead atoms. The Balaban J connectivity index is 1.73. The van der Waals surface area contributed by atoms with E-state index >= 15 is 0 Å². The summed E-state index contributed by atoms with van der Waals surface area (Å²) in [7, 11) is 4.53. The second kappa shape index (κ2) is 11.5. The van der Waals surface area contributed by atoms with E-state index in [4.69, 9.17) is 14.2 Å². The average molecular weight is 607 g/mol. The fourth-order valence-corrected chi connectivity index (χ4v) is 7.70. The molecule has 234 valence electrons. The van der Waals surface area contributed by atoms with Gasteiger partial charge in [0.25, 0.3) is 0 Å². The molecule has 5 aliphatic rings. The maximum Gasteiger partial charge on any atom is 0.333 e. The Morgan fingerprint density at radius 2 is 1.36 bits per heavy atom. The minimum Gasteiger partial charge on any atom is -0.492 e. The van der Waals surface area contributed by atoms with Crippen LogP contribution in [-0.4, -0.2) is 103 Å². The molecule has 0 N–H and O–H groups in total. The summed E-state index contributed by atoms with van der Waals surface area (Å²) in [6.07, 6.45) is 1.97. The Kier molecular flexibility index (Phi) is 8.24.